The van der Waals surface area contributed by atoms with Gasteiger partial charge in [-0.1, -0.05) is 18.2 Å². The lowest BCUT2D eigenvalue weighted by molar-refractivity contribution is -0.125. The average Bonchev–Trinajstić information content (AvgIpc) is 2.68. The number of piperidine rings is 1. The van der Waals surface area contributed by atoms with Crippen LogP contribution in [0.4, 0.5) is 0 Å². The van der Waals surface area contributed by atoms with Crippen molar-refractivity contribution in [1.82, 2.24) is 9.88 Å². The van der Waals surface area contributed by atoms with Gasteiger partial charge in [0.25, 0.3) is 0 Å². The molecule has 1 unspecified atom stereocenters. The molecule has 88 valence electrons. The number of carbonyl (C=O) groups excluding carboxylic acids is 1. The second-order valence-electron chi connectivity index (χ2n) is 4.69. The van der Waals surface area contributed by atoms with Crippen molar-refractivity contribution in [3.63, 3.8) is 0 Å². The fourth-order valence-electron chi connectivity index (χ4n) is 2.66. The zero-order valence-electron chi connectivity index (χ0n) is 9.94. The molecule has 0 bridgehead atoms. The molecule has 3 nitrogen and oxygen atoms in total. The highest BCUT2D eigenvalue weighted by molar-refractivity contribution is 5.88. The van der Waals surface area contributed by atoms with Crippen LogP contribution >= 0.6 is 0 Å². The number of nitrogens with one attached hydrogen (secondary N) is 1. The zero-order valence-corrected chi connectivity index (χ0v) is 9.94. The maximum absolute atomic E-state index is 11.9. The first-order valence-corrected chi connectivity index (χ1v) is 6.11. The lowest BCUT2D eigenvalue weighted by atomic mass is 10.1. The first-order valence-electron chi connectivity index (χ1n) is 6.11. The van der Waals surface area contributed by atoms with Gasteiger partial charge in [0.2, 0.25) is 5.91 Å². The number of hydrogen-bond acceptors (Lipinski definition) is 1. The number of amides is 1. The molecule has 1 atom stereocenters. The Kier molecular flexibility index (Phi) is 2.39. The van der Waals surface area contributed by atoms with Crippen molar-refractivity contribution in [3.8, 4) is 0 Å². The van der Waals surface area contributed by atoms with Gasteiger partial charge in [-0.15, -0.1) is 0 Å². The van der Waals surface area contributed by atoms with Gasteiger partial charge in [0.05, 0.1) is 0 Å². The summed E-state index contributed by atoms with van der Waals surface area (Å²) in [6, 6.07) is 8.23. The van der Waals surface area contributed by atoms with Gasteiger partial charge in [-0.25, -0.2) is 0 Å². The highest BCUT2D eigenvalue weighted by Gasteiger charge is 2.24. The van der Waals surface area contributed by atoms with E-state index < -0.39 is 0 Å². The Balaban J connectivity index is 2.13. The van der Waals surface area contributed by atoms with Gasteiger partial charge in [-0.2, -0.15) is 0 Å². The Labute approximate surface area is 100 Å². The quantitative estimate of drug-likeness (QED) is 0.799. The number of benzene rings is 1. The third-order valence-electron chi connectivity index (χ3n) is 3.53. The molecule has 1 N–H and O–H groups in total. The molecule has 3 rings (SSSR count). The van der Waals surface area contributed by atoms with Crippen molar-refractivity contribution >= 4 is 16.8 Å². The first kappa shape index (κ1) is 10.4. The van der Waals surface area contributed by atoms with Crippen LogP contribution < -0.4 is 5.32 Å². The third kappa shape index (κ3) is 1.62. The molecule has 17 heavy (non-hydrogen) atoms. The number of hydrogen-bond donors (Lipinski definition) is 1. The van der Waals surface area contributed by atoms with Crippen LogP contribution in [-0.4, -0.2) is 17.0 Å². The van der Waals surface area contributed by atoms with Crippen LogP contribution in [-0.2, 0) is 4.79 Å². The number of nitrogens with zero attached hydrogens (tertiary/aromatic N) is 1. The molecule has 0 saturated carbocycles. The van der Waals surface area contributed by atoms with Gasteiger partial charge in [0, 0.05) is 23.6 Å². The molecule has 1 amide bonds. The Morgan fingerprint density at radius 1 is 1.35 bits per heavy atom. The topological polar surface area (TPSA) is 34.0 Å². The number of fused-ring (bicyclic) bond motifs is 1. The molecule has 2 heterocycles. The lowest BCUT2D eigenvalue weighted by Gasteiger charge is -2.24. The molecule has 0 spiro atoms. The van der Waals surface area contributed by atoms with Crippen LogP contribution in [0.5, 0.6) is 0 Å². The molecule has 1 fully saturated rings. The van der Waals surface area contributed by atoms with E-state index in [2.05, 4.69) is 35.1 Å². The second-order valence-corrected chi connectivity index (χ2v) is 4.69. The maximum Gasteiger partial charge on any atom is 0.243 e. The van der Waals surface area contributed by atoms with Gasteiger partial charge in [0.15, 0.2) is 0 Å². The SMILES string of the molecule is Cc1cn(C2CCCNC2=O)c2ccccc12. The molecule has 1 aliphatic heterocycles. The van der Waals surface area contributed by atoms with Crippen molar-refractivity contribution in [3.05, 3.63) is 36.0 Å². The molecule has 1 saturated heterocycles. The minimum Gasteiger partial charge on any atom is -0.354 e. The summed E-state index contributed by atoms with van der Waals surface area (Å²) in [7, 11) is 0. The van der Waals surface area contributed by atoms with E-state index in [4.69, 9.17) is 0 Å². The lowest BCUT2D eigenvalue weighted by Crippen LogP contribution is -2.37. The summed E-state index contributed by atoms with van der Waals surface area (Å²) < 4.78 is 2.12. The van der Waals surface area contributed by atoms with Gasteiger partial charge >= 0.3 is 0 Å². The summed E-state index contributed by atoms with van der Waals surface area (Å²) in [5.74, 6) is 0.150. The highest BCUT2D eigenvalue weighted by atomic mass is 16.2. The monoisotopic (exact) mass is 228 g/mol. The normalized spacial score (nSPS) is 20.5. The van der Waals surface area contributed by atoms with Gasteiger partial charge in [0.1, 0.15) is 6.04 Å². The summed E-state index contributed by atoms with van der Waals surface area (Å²) in [6.45, 7) is 2.91. The van der Waals surface area contributed by atoms with E-state index in [-0.39, 0.29) is 11.9 Å². The molecule has 0 radical (unpaired) electrons. The summed E-state index contributed by atoms with van der Waals surface area (Å²) in [4.78, 5) is 11.9. The van der Waals surface area contributed by atoms with Crippen LogP contribution in [0.15, 0.2) is 30.5 Å². The summed E-state index contributed by atoms with van der Waals surface area (Å²) in [5.41, 5.74) is 2.39. The molecule has 1 aromatic heterocycles. The van der Waals surface area contributed by atoms with Crippen LogP contribution in [0.1, 0.15) is 24.4 Å². The van der Waals surface area contributed by atoms with Crippen LogP contribution in [0, 0.1) is 6.92 Å². The molecular weight excluding hydrogens is 212 g/mol. The minimum atomic E-state index is -0.0395. The van der Waals surface area contributed by atoms with Crippen molar-refractivity contribution in [2.75, 3.05) is 6.54 Å². The van der Waals surface area contributed by atoms with Crippen molar-refractivity contribution in [2.45, 2.75) is 25.8 Å². The van der Waals surface area contributed by atoms with E-state index in [0.29, 0.717) is 0 Å². The van der Waals surface area contributed by atoms with Crippen LogP contribution in [0.25, 0.3) is 10.9 Å². The number of carbonyl (C=O) groups is 1. The largest absolute Gasteiger partial charge is 0.354 e. The molecule has 1 aromatic carbocycles. The Morgan fingerprint density at radius 3 is 3.00 bits per heavy atom. The first-order chi connectivity index (χ1) is 8.27. The number of aryl methyl sites for hydroxylation is 1. The number of aromatic nitrogens is 1. The Bertz CT molecular complexity index is 571. The zero-order chi connectivity index (χ0) is 11.8. The second kappa shape index (κ2) is 3.91. The molecule has 0 aliphatic carbocycles. The maximum atomic E-state index is 11.9. The summed E-state index contributed by atoms with van der Waals surface area (Å²) in [6.07, 6.45) is 4.09. The third-order valence-corrected chi connectivity index (χ3v) is 3.53. The molecule has 2 aromatic rings. The predicted molar refractivity (Wildman–Crippen MR) is 68.0 cm³/mol. The van der Waals surface area contributed by atoms with Gasteiger partial charge in [-0.05, 0) is 31.4 Å². The number of rotatable bonds is 1. The van der Waals surface area contributed by atoms with E-state index in [9.17, 15) is 4.79 Å². The van der Waals surface area contributed by atoms with E-state index in [1.807, 2.05) is 12.1 Å². The van der Waals surface area contributed by atoms with E-state index in [1.165, 1.54) is 10.9 Å². The van der Waals surface area contributed by atoms with Crippen LogP contribution in [0.2, 0.25) is 0 Å². The standard InChI is InChI=1S/C14H16N2O/c1-10-9-16(12-6-3-2-5-11(10)12)13-7-4-8-15-14(13)17/h2-3,5-6,9,13H,4,7-8H2,1H3,(H,15,17). The molecule has 3 heteroatoms. The fourth-order valence-corrected chi connectivity index (χ4v) is 2.66. The molecule has 1 aliphatic rings. The minimum absolute atomic E-state index is 0.0395. The number of para-hydroxylation sites is 1. The van der Waals surface area contributed by atoms with E-state index in [1.54, 1.807) is 0 Å². The van der Waals surface area contributed by atoms with E-state index >= 15 is 0 Å². The van der Waals surface area contributed by atoms with Crippen molar-refractivity contribution < 1.29 is 4.79 Å². The molecular formula is C14H16N2O. The summed E-state index contributed by atoms with van der Waals surface area (Å²) >= 11 is 0. The van der Waals surface area contributed by atoms with Crippen molar-refractivity contribution in [2.24, 2.45) is 0 Å². The van der Waals surface area contributed by atoms with Gasteiger partial charge < -0.3 is 9.88 Å². The average molecular weight is 228 g/mol. The smallest absolute Gasteiger partial charge is 0.243 e. The van der Waals surface area contributed by atoms with Crippen molar-refractivity contribution in [1.29, 1.82) is 0 Å². The summed E-state index contributed by atoms with van der Waals surface area (Å²) in [5, 5.41) is 4.19. The van der Waals surface area contributed by atoms with Crippen LogP contribution in [0.3, 0.4) is 0 Å². The van der Waals surface area contributed by atoms with E-state index in [0.717, 1.165) is 24.9 Å². The Morgan fingerprint density at radius 2 is 2.18 bits per heavy atom. The Hall–Kier alpha value is -1.77. The van der Waals surface area contributed by atoms with Gasteiger partial charge in [-0.3, -0.25) is 4.79 Å². The fraction of sp³-hybridized carbons (Fsp3) is 0.357. The predicted octanol–water partition coefficient (Wildman–Crippen LogP) is 2.40. The highest BCUT2D eigenvalue weighted by Crippen LogP contribution is 2.27.